The monoisotopic (exact) mass is 141 g/mol. The van der Waals surface area contributed by atoms with E-state index in [0.717, 1.165) is 12.0 Å². The van der Waals surface area contributed by atoms with Crippen molar-refractivity contribution in [2.45, 2.75) is 39.2 Å². The van der Waals surface area contributed by atoms with Crippen LogP contribution in [0.15, 0.2) is 0 Å². The molecule has 1 heterocycles. The topological polar surface area (TPSA) is 3.24 Å². The van der Waals surface area contributed by atoms with Gasteiger partial charge in [0.2, 0.25) is 0 Å². The van der Waals surface area contributed by atoms with Crippen molar-refractivity contribution in [2.24, 2.45) is 5.92 Å². The predicted octanol–water partition coefficient (Wildman–Crippen LogP) is 2.13. The van der Waals surface area contributed by atoms with Crippen LogP contribution in [0.25, 0.3) is 0 Å². The maximum Gasteiger partial charge on any atom is 0.0107 e. The minimum Gasteiger partial charge on any atom is -0.303 e. The van der Waals surface area contributed by atoms with Gasteiger partial charge in [-0.1, -0.05) is 20.3 Å². The lowest BCUT2D eigenvalue weighted by Gasteiger charge is -2.39. The van der Waals surface area contributed by atoms with Crippen LogP contribution in [0.5, 0.6) is 0 Å². The van der Waals surface area contributed by atoms with Crippen molar-refractivity contribution in [3.63, 3.8) is 0 Å². The first-order chi connectivity index (χ1) is 4.74. The zero-order valence-corrected chi connectivity index (χ0v) is 7.43. The molecule has 1 rings (SSSR count). The number of hydrogen-bond donors (Lipinski definition) is 0. The molecule has 1 aliphatic rings. The Morgan fingerprint density at radius 3 is 2.60 bits per heavy atom. The Bertz CT molecular complexity index is 101. The molecule has 0 bridgehead atoms. The fourth-order valence-corrected chi connectivity index (χ4v) is 1.50. The molecule has 0 spiro atoms. The van der Waals surface area contributed by atoms with E-state index in [9.17, 15) is 0 Å². The van der Waals surface area contributed by atoms with Crippen molar-refractivity contribution in [1.82, 2.24) is 4.90 Å². The second-order valence-electron chi connectivity index (χ2n) is 3.67. The van der Waals surface area contributed by atoms with Crippen LogP contribution in [0.1, 0.15) is 33.1 Å². The number of rotatable bonds is 3. The highest BCUT2D eigenvalue weighted by molar-refractivity contribution is 4.80. The Morgan fingerprint density at radius 2 is 2.30 bits per heavy atom. The first-order valence-corrected chi connectivity index (χ1v) is 4.44. The van der Waals surface area contributed by atoms with Crippen LogP contribution in [0, 0.1) is 5.92 Å². The first kappa shape index (κ1) is 8.06. The van der Waals surface area contributed by atoms with Crippen LogP contribution in [0.2, 0.25) is 0 Å². The van der Waals surface area contributed by atoms with Gasteiger partial charge in [0.1, 0.15) is 0 Å². The van der Waals surface area contributed by atoms with Crippen molar-refractivity contribution in [3.8, 4) is 0 Å². The van der Waals surface area contributed by atoms with E-state index in [1.54, 1.807) is 0 Å². The van der Waals surface area contributed by atoms with Crippen LogP contribution in [0.3, 0.4) is 0 Å². The van der Waals surface area contributed by atoms with Crippen LogP contribution in [-0.4, -0.2) is 24.5 Å². The fraction of sp³-hybridized carbons (Fsp3) is 1.00. The molecule has 0 aromatic rings. The summed E-state index contributed by atoms with van der Waals surface area (Å²) in [5.41, 5.74) is 0. The minimum atomic E-state index is 0.912. The average molecular weight is 141 g/mol. The molecule has 0 aliphatic carbocycles. The van der Waals surface area contributed by atoms with E-state index in [2.05, 4.69) is 25.8 Å². The van der Waals surface area contributed by atoms with E-state index < -0.39 is 0 Å². The third-order valence-corrected chi connectivity index (χ3v) is 2.81. The van der Waals surface area contributed by atoms with Gasteiger partial charge in [-0.2, -0.15) is 0 Å². The summed E-state index contributed by atoms with van der Waals surface area (Å²) in [5, 5.41) is 0. The lowest BCUT2D eigenvalue weighted by molar-refractivity contribution is 0.103. The molecule has 0 N–H and O–H groups in total. The molecule has 1 saturated heterocycles. The van der Waals surface area contributed by atoms with E-state index in [4.69, 9.17) is 0 Å². The van der Waals surface area contributed by atoms with Gasteiger partial charge in [-0.25, -0.2) is 0 Å². The van der Waals surface area contributed by atoms with Gasteiger partial charge in [0, 0.05) is 6.04 Å². The van der Waals surface area contributed by atoms with Crippen molar-refractivity contribution in [2.75, 3.05) is 13.6 Å². The Kier molecular flexibility index (Phi) is 2.72. The van der Waals surface area contributed by atoms with Crippen molar-refractivity contribution >= 4 is 0 Å². The molecule has 2 atom stereocenters. The summed E-state index contributed by atoms with van der Waals surface area (Å²) >= 11 is 0. The fourth-order valence-electron chi connectivity index (χ4n) is 1.50. The molecule has 0 saturated carbocycles. The maximum absolute atomic E-state index is 2.46. The zero-order valence-electron chi connectivity index (χ0n) is 7.43. The SMILES string of the molecule is CC[C@@H](C)CC1CCN1C. The summed E-state index contributed by atoms with van der Waals surface area (Å²) in [5.74, 6) is 0.924. The Labute approximate surface area is 64.4 Å². The van der Waals surface area contributed by atoms with Crippen LogP contribution >= 0.6 is 0 Å². The third kappa shape index (κ3) is 1.72. The molecule has 0 aromatic heterocycles. The van der Waals surface area contributed by atoms with E-state index in [1.807, 2.05) is 0 Å². The Morgan fingerprint density at radius 1 is 1.60 bits per heavy atom. The van der Waals surface area contributed by atoms with Crippen LogP contribution in [0.4, 0.5) is 0 Å². The molecule has 0 radical (unpaired) electrons. The van der Waals surface area contributed by atoms with E-state index in [1.165, 1.54) is 25.8 Å². The summed E-state index contributed by atoms with van der Waals surface area (Å²) in [7, 11) is 2.23. The summed E-state index contributed by atoms with van der Waals surface area (Å²) < 4.78 is 0. The van der Waals surface area contributed by atoms with Crippen LogP contribution in [-0.2, 0) is 0 Å². The molecule has 1 fully saturated rings. The minimum absolute atomic E-state index is 0.912. The average Bonchev–Trinajstić information content (AvgIpc) is 1.96. The Hall–Kier alpha value is -0.0400. The molecule has 1 heteroatoms. The number of likely N-dealkylation sites (tertiary alicyclic amines) is 1. The molecule has 0 aromatic carbocycles. The second kappa shape index (κ2) is 3.38. The molecule has 60 valence electrons. The zero-order chi connectivity index (χ0) is 7.56. The first-order valence-electron chi connectivity index (χ1n) is 4.44. The lowest BCUT2D eigenvalue weighted by Crippen LogP contribution is -2.45. The van der Waals surface area contributed by atoms with Gasteiger partial charge in [0.15, 0.2) is 0 Å². The van der Waals surface area contributed by atoms with Gasteiger partial charge in [-0.15, -0.1) is 0 Å². The molecular weight excluding hydrogens is 122 g/mol. The number of hydrogen-bond acceptors (Lipinski definition) is 1. The molecule has 1 nitrogen and oxygen atoms in total. The predicted molar refractivity (Wildman–Crippen MR) is 45.1 cm³/mol. The highest BCUT2D eigenvalue weighted by Crippen LogP contribution is 2.22. The van der Waals surface area contributed by atoms with E-state index in [-0.39, 0.29) is 0 Å². The second-order valence-corrected chi connectivity index (χ2v) is 3.67. The Balaban J connectivity index is 2.12. The molecule has 1 aliphatic heterocycles. The summed E-state index contributed by atoms with van der Waals surface area (Å²) in [6.07, 6.45) is 4.18. The number of nitrogens with zero attached hydrogens (tertiary/aromatic N) is 1. The normalized spacial score (nSPS) is 29.7. The molecule has 0 amide bonds. The van der Waals surface area contributed by atoms with Crippen molar-refractivity contribution in [1.29, 1.82) is 0 Å². The van der Waals surface area contributed by atoms with Gasteiger partial charge >= 0.3 is 0 Å². The highest BCUT2D eigenvalue weighted by atomic mass is 15.2. The lowest BCUT2D eigenvalue weighted by atomic mass is 9.92. The highest BCUT2D eigenvalue weighted by Gasteiger charge is 2.24. The quantitative estimate of drug-likeness (QED) is 0.582. The van der Waals surface area contributed by atoms with E-state index in [0.29, 0.717) is 0 Å². The smallest absolute Gasteiger partial charge is 0.0107 e. The standard InChI is InChI=1S/C9H19N/c1-4-8(2)7-9-5-6-10(9)3/h8-9H,4-7H2,1-3H3/t8-,9?/m1/s1. The van der Waals surface area contributed by atoms with Crippen LogP contribution < -0.4 is 0 Å². The summed E-state index contributed by atoms with van der Waals surface area (Å²) in [6, 6.07) is 0.912. The molecule has 1 unspecified atom stereocenters. The van der Waals surface area contributed by atoms with Gasteiger partial charge in [0.25, 0.3) is 0 Å². The largest absolute Gasteiger partial charge is 0.303 e. The van der Waals surface area contributed by atoms with E-state index >= 15 is 0 Å². The van der Waals surface area contributed by atoms with Crippen molar-refractivity contribution in [3.05, 3.63) is 0 Å². The van der Waals surface area contributed by atoms with Gasteiger partial charge in [-0.3, -0.25) is 0 Å². The van der Waals surface area contributed by atoms with Gasteiger partial charge in [0.05, 0.1) is 0 Å². The van der Waals surface area contributed by atoms with Crippen molar-refractivity contribution < 1.29 is 0 Å². The molecular formula is C9H19N. The van der Waals surface area contributed by atoms with Gasteiger partial charge < -0.3 is 4.90 Å². The summed E-state index contributed by atoms with van der Waals surface area (Å²) in [4.78, 5) is 2.46. The molecule has 10 heavy (non-hydrogen) atoms. The maximum atomic E-state index is 2.46. The third-order valence-electron chi connectivity index (χ3n) is 2.81. The van der Waals surface area contributed by atoms with Gasteiger partial charge in [-0.05, 0) is 32.4 Å². The summed E-state index contributed by atoms with van der Waals surface area (Å²) in [6.45, 7) is 5.95.